The van der Waals surface area contributed by atoms with E-state index in [1.165, 1.54) is 32.4 Å². The smallest absolute Gasteiger partial charge is 0.327 e. The standard InChI is InChI=1S/C15H24N2O4.C14H22N2O4.C9H16N2O3.C6H10O2/c1-5-6-12(17-13(18)8-7-11(2)3)15(20)16-10-9-14(19)21-4;1-4-5-11(14(20)15-9-8-13(18)19)16-12(17)7-6-10(2)3;1-3-4-7(10)9(13)11-6-5-8(12)14-2;1-5(2)3-4-6(7)8/h5,7-8,11-12H,1,6,9-10H2,2-4H3,(H,16,20)(H,17,18);4,6-7,10-11H,1,5,8-9H2,2-3H3,(H,15,20)(H,16,17)(H,18,19);3,7H,1,4-6,10H2,2H3,(H,11,13);3-5H,1-2H3,(H,7,8)/b8-7+;7-6+;;4-3+. The monoisotopic (exact) mass is 893 g/mol. The van der Waals surface area contributed by atoms with Gasteiger partial charge in [0, 0.05) is 25.7 Å². The molecule has 0 saturated heterocycles. The molecule has 3 unspecified atom stereocenters. The van der Waals surface area contributed by atoms with Crippen LogP contribution in [-0.2, 0) is 52.6 Å². The van der Waals surface area contributed by atoms with E-state index in [1.807, 2.05) is 41.5 Å². The molecule has 0 radical (unpaired) electrons. The number of esters is 2. The van der Waals surface area contributed by atoms with Crippen molar-refractivity contribution in [2.24, 2.45) is 23.5 Å². The average molecular weight is 893 g/mol. The molecule has 0 saturated carbocycles. The van der Waals surface area contributed by atoms with Crippen molar-refractivity contribution in [1.29, 1.82) is 0 Å². The van der Waals surface area contributed by atoms with Gasteiger partial charge in [0.1, 0.15) is 12.1 Å². The molecule has 0 aromatic heterocycles. The number of ether oxygens (including phenoxy) is 2. The molecule has 3 atom stereocenters. The summed E-state index contributed by atoms with van der Waals surface area (Å²) in [5.74, 6) is -3.57. The lowest BCUT2D eigenvalue weighted by molar-refractivity contribution is -0.141. The molecule has 5 amide bonds. The maximum atomic E-state index is 11.9. The van der Waals surface area contributed by atoms with Gasteiger partial charge < -0.3 is 52.0 Å². The molecule has 0 spiro atoms. The number of rotatable bonds is 26. The van der Waals surface area contributed by atoms with Crippen LogP contribution in [0.3, 0.4) is 0 Å². The highest BCUT2D eigenvalue weighted by molar-refractivity contribution is 5.94. The van der Waals surface area contributed by atoms with Gasteiger partial charge in [-0.25, -0.2) is 4.79 Å². The number of carbonyl (C=O) groups excluding carboxylic acids is 7. The topological polar surface area (TPSA) is 299 Å². The third-order valence-corrected chi connectivity index (χ3v) is 7.07. The Labute approximate surface area is 372 Å². The van der Waals surface area contributed by atoms with Gasteiger partial charge in [-0.05, 0) is 49.2 Å². The zero-order valence-corrected chi connectivity index (χ0v) is 38.1. The first-order valence-corrected chi connectivity index (χ1v) is 20.2. The molecular weight excluding hydrogens is 821 g/mol. The Balaban J connectivity index is -0.000000387. The summed E-state index contributed by atoms with van der Waals surface area (Å²) in [6, 6.07) is -2.04. The maximum absolute atomic E-state index is 11.9. The largest absolute Gasteiger partial charge is 0.481 e. The number of nitrogens with one attached hydrogen (secondary N) is 5. The van der Waals surface area contributed by atoms with Crippen molar-refractivity contribution in [2.45, 2.75) is 98.2 Å². The minimum atomic E-state index is -0.991. The molecule has 0 aliphatic rings. The number of carboxylic acid groups (broad SMARTS) is 2. The van der Waals surface area contributed by atoms with E-state index in [-0.39, 0.29) is 86.8 Å². The van der Waals surface area contributed by atoms with Gasteiger partial charge >= 0.3 is 23.9 Å². The minimum Gasteiger partial charge on any atom is -0.481 e. The molecule has 19 heteroatoms. The lowest BCUT2D eigenvalue weighted by atomic mass is 10.1. The van der Waals surface area contributed by atoms with E-state index in [9.17, 15) is 43.2 Å². The van der Waals surface area contributed by atoms with Crippen molar-refractivity contribution in [3.63, 3.8) is 0 Å². The van der Waals surface area contributed by atoms with Gasteiger partial charge in [-0.1, -0.05) is 78.0 Å². The van der Waals surface area contributed by atoms with Crippen LogP contribution in [0.5, 0.6) is 0 Å². The normalized spacial score (nSPS) is 11.8. The lowest BCUT2D eigenvalue weighted by Gasteiger charge is -2.16. The highest BCUT2D eigenvalue weighted by atomic mass is 16.5. The summed E-state index contributed by atoms with van der Waals surface area (Å²) < 4.78 is 8.88. The number of hydrogen-bond donors (Lipinski definition) is 8. The predicted molar refractivity (Wildman–Crippen MR) is 240 cm³/mol. The average Bonchev–Trinajstić information content (AvgIpc) is 3.21. The van der Waals surface area contributed by atoms with Crippen LogP contribution in [-0.4, -0.2) is 116 Å². The van der Waals surface area contributed by atoms with Crippen LogP contribution >= 0.6 is 0 Å². The van der Waals surface area contributed by atoms with Gasteiger partial charge in [0.2, 0.25) is 29.5 Å². The van der Waals surface area contributed by atoms with Gasteiger partial charge in [-0.3, -0.25) is 38.4 Å². The molecule has 0 aromatic carbocycles. The Hall–Kier alpha value is -6.37. The Morgan fingerprint density at radius 1 is 0.540 bits per heavy atom. The van der Waals surface area contributed by atoms with E-state index >= 15 is 0 Å². The second kappa shape index (κ2) is 41.0. The molecule has 0 aliphatic carbocycles. The van der Waals surface area contributed by atoms with Crippen molar-refractivity contribution >= 4 is 53.4 Å². The molecule has 0 aliphatic heterocycles. The number of hydrogen-bond acceptors (Lipinski definition) is 12. The highest BCUT2D eigenvalue weighted by Gasteiger charge is 2.19. The molecule has 19 nitrogen and oxygen atoms in total. The number of aliphatic carboxylic acids is 2. The molecule has 356 valence electrons. The number of carbonyl (C=O) groups is 9. The van der Waals surface area contributed by atoms with Crippen molar-refractivity contribution in [1.82, 2.24) is 26.6 Å². The van der Waals surface area contributed by atoms with Gasteiger partial charge in [0.25, 0.3) is 0 Å². The molecule has 63 heavy (non-hydrogen) atoms. The molecule has 9 N–H and O–H groups in total. The summed E-state index contributed by atoms with van der Waals surface area (Å²) in [7, 11) is 2.58. The number of methoxy groups -OCH3 is 2. The van der Waals surface area contributed by atoms with Crippen molar-refractivity contribution < 1.29 is 62.8 Å². The van der Waals surface area contributed by atoms with Gasteiger partial charge in [-0.2, -0.15) is 0 Å². The summed E-state index contributed by atoms with van der Waals surface area (Å²) in [4.78, 5) is 100.0. The van der Waals surface area contributed by atoms with E-state index in [0.29, 0.717) is 18.8 Å². The van der Waals surface area contributed by atoms with Crippen molar-refractivity contribution in [3.8, 4) is 0 Å². The van der Waals surface area contributed by atoms with E-state index in [0.717, 1.165) is 6.08 Å². The first-order valence-electron chi connectivity index (χ1n) is 20.2. The molecule has 0 rings (SSSR count). The van der Waals surface area contributed by atoms with Crippen LogP contribution in [0.2, 0.25) is 0 Å². The molecule has 0 bridgehead atoms. The lowest BCUT2D eigenvalue weighted by Crippen LogP contribution is -2.46. The highest BCUT2D eigenvalue weighted by Crippen LogP contribution is 1.99. The number of carboxylic acids is 2. The quantitative estimate of drug-likeness (QED) is 0.0352. The van der Waals surface area contributed by atoms with Crippen LogP contribution in [0.25, 0.3) is 0 Å². The SMILES string of the molecule is C=CCC(N)C(=O)NCCC(=O)OC.C=CCC(NC(=O)/C=C/C(C)C)C(=O)NCCC(=O)O.C=CCC(NC(=O)/C=C/C(C)C)C(=O)NCCC(=O)OC.CC(C)/C=C/C(=O)O. The molecular formula is C44H72N6O13. The van der Waals surface area contributed by atoms with Crippen LogP contribution in [0.4, 0.5) is 0 Å². The zero-order chi connectivity index (χ0) is 49.3. The number of allylic oxidation sites excluding steroid dienone is 3. The van der Waals surface area contributed by atoms with Gasteiger partial charge in [0.15, 0.2) is 0 Å². The van der Waals surface area contributed by atoms with Crippen molar-refractivity contribution in [3.05, 3.63) is 74.4 Å². The van der Waals surface area contributed by atoms with Crippen LogP contribution in [0.1, 0.15) is 80.1 Å². The van der Waals surface area contributed by atoms with Crippen LogP contribution < -0.4 is 32.3 Å². The van der Waals surface area contributed by atoms with E-state index in [2.05, 4.69) is 55.8 Å². The first-order chi connectivity index (χ1) is 29.5. The summed E-state index contributed by atoms with van der Waals surface area (Å²) in [5.41, 5.74) is 5.48. The van der Waals surface area contributed by atoms with Crippen LogP contribution in [0.15, 0.2) is 74.4 Å². The number of amides is 5. The Bertz CT molecular complexity index is 1540. The summed E-state index contributed by atoms with van der Waals surface area (Å²) in [6.45, 7) is 22.6. The number of nitrogens with two attached hydrogens (primary N) is 1. The second-order valence-electron chi connectivity index (χ2n) is 14.1. The fourth-order valence-corrected chi connectivity index (χ4v) is 3.81. The fourth-order valence-electron chi connectivity index (χ4n) is 3.81. The third kappa shape index (κ3) is 45.0. The van der Waals surface area contributed by atoms with Crippen molar-refractivity contribution in [2.75, 3.05) is 33.9 Å². The Morgan fingerprint density at radius 2 is 0.873 bits per heavy atom. The second-order valence-corrected chi connectivity index (χ2v) is 14.1. The Morgan fingerprint density at radius 3 is 1.16 bits per heavy atom. The van der Waals surface area contributed by atoms with Crippen LogP contribution in [0, 0.1) is 17.8 Å². The predicted octanol–water partition coefficient (Wildman–Crippen LogP) is 2.64. The van der Waals surface area contributed by atoms with E-state index in [1.54, 1.807) is 30.4 Å². The fraction of sp³-hybridized carbons (Fsp3) is 0.523. The van der Waals surface area contributed by atoms with Gasteiger partial charge in [0.05, 0.1) is 39.5 Å². The summed E-state index contributed by atoms with van der Waals surface area (Å²) >= 11 is 0. The van der Waals surface area contributed by atoms with E-state index in [4.69, 9.17) is 15.9 Å². The molecule has 0 heterocycles. The van der Waals surface area contributed by atoms with E-state index < -0.39 is 41.9 Å². The first kappa shape index (κ1) is 63.3. The molecule has 0 fully saturated rings. The molecule has 0 aromatic rings. The minimum absolute atomic E-state index is 0.0273. The maximum Gasteiger partial charge on any atom is 0.327 e. The Kier molecular flexibility index (Phi) is 41.2. The zero-order valence-electron chi connectivity index (χ0n) is 38.1. The van der Waals surface area contributed by atoms with Gasteiger partial charge in [-0.15, -0.1) is 19.7 Å². The summed E-state index contributed by atoms with van der Waals surface area (Å²) in [6.07, 6.45) is 14.8. The summed E-state index contributed by atoms with van der Waals surface area (Å²) in [5, 5.41) is 29.3. The third-order valence-electron chi connectivity index (χ3n) is 7.07.